The van der Waals surface area contributed by atoms with E-state index in [2.05, 4.69) is 22.5 Å². The monoisotopic (exact) mass is 423 g/mol. The van der Waals surface area contributed by atoms with E-state index in [1.54, 1.807) is 42.5 Å². The van der Waals surface area contributed by atoms with Gasteiger partial charge in [-0.25, -0.2) is 0 Å². The lowest BCUT2D eigenvalue weighted by Gasteiger charge is -2.12. The molecule has 2 aromatic carbocycles. The van der Waals surface area contributed by atoms with Crippen LogP contribution in [0.4, 0.5) is 11.4 Å². The number of benzene rings is 2. The van der Waals surface area contributed by atoms with E-state index >= 15 is 0 Å². The van der Waals surface area contributed by atoms with Crippen molar-refractivity contribution in [2.75, 3.05) is 36.9 Å². The maximum absolute atomic E-state index is 12.4. The van der Waals surface area contributed by atoms with E-state index in [1.807, 2.05) is 13.0 Å². The maximum Gasteiger partial charge on any atom is 0.251 e. The third kappa shape index (κ3) is 7.46. The fourth-order valence-corrected chi connectivity index (χ4v) is 3.11. The fourth-order valence-electron chi connectivity index (χ4n) is 3.11. The number of carbonyl (C=O) groups is 2. The SMILES string of the molecule is C=C(C)COc1ccc(NC(=O)CNc2cccc(C(=O)NCC3CCCO3)c2)cc1. The number of carbonyl (C=O) groups excluding carboxylic acids is 2. The number of hydrogen-bond acceptors (Lipinski definition) is 5. The molecule has 7 heteroatoms. The van der Waals surface area contributed by atoms with Gasteiger partial charge in [0.25, 0.3) is 5.91 Å². The molecule has 0 aromatic heterocycles. The highest BCUT2D eigenvalue weighted by Crippen LogP contribution is 2.17. The molecule has 2 aromatic rings. The van der Waals surface area contributed by atoms with Gasteiger partial charge in [-0.05, 0) is 67.8 Å². The molecule has 31 heavy (non-hydrogen) atoms. The molecule has 164 valence electrons. The van der Waals surface area contributed by atoms with Crippen molar-refractivity contribution in [2.45, 2.75) is 25.9 Å². The summed E-state index contributed by atoms with van der Waals surface area (Å²) in [7, 11) is 0. The van der Waals surface area contributed by atoms with E-state index in [0.29, 0.717) is 35.8 Å². The van der Waals surface area contributed by atoms with Crippen LogP contribution in [0.3, 0.4) is 0 Å². The molecule has 1 aliphatic rings. The summed E-state index contributed by atoms with van der Waals surface area (Å²) < 4.78 is 11.1. The summed E-state index contributed by atoms with van der Waals surface area (Å²) in [5.74, 6) is 0.370. The lowest BCUT2D eigenvalue weighted by atomic mass is 10.1. The van der Waals surface area contributed by atoms with Gasteiger partial charge >= 0.3 is 0 Å². The van der Waals surface area contributed by atoms with E-state index in [1.165, 1.54) is 0 Å². The minimum Gasteiger partial charge on any atom is -0.489 e. The van der Waals surface area contributed by atoms with Gasteiger partial charge in [0.05, 0.1) is 12.6 Å². The lowest BCUT2D eigenvalue weighted by molar-refractivity contribution is -0.114. The Balaban J connectivity index is 1.44. The van der Waals surface area contributed by atoms with Gasteiger partial charge in [0.2, 0.25) is 5.91 Å². The molecular weight excluding hydrogens is 394 g/mol. The second-order valence-electron chi connectivity index (χ2n) is 7.60. The van der Waals surface area contributed by atoms with Gasteiger partial charge in [-0.1, -0.05) is 12.6 Å². The minimum atomic E-state index is -0.191. The molecule has 3 N–H and O–H groups in total. The van der Waals surface area contributed by atoms with Gasteiger partial charge in [0.15, 0.2) is 0 Å². The average Bonchev–Trinajstić information content (AvgIpc) is 3.29. The zero-order chi connectivity index (χ0) is 22.1. The largest absolute Gasteiger partial charge is 0.489 e. The first-order valence-electron chi connectivity index (χ1n) is 10.4. The second-order valence-corrected chi connectivity index (χ2v) is 7.60. The first-order chi connectivity index (χ1) is 15.0. The maximum atomic E-state index is 12.4. The van der Waals surface area contributed by atoms with Crippen molar-refractivity contribution in [3.63, 3.8) is 0 Å². The van der Waals surface area contributed by atoms with Crippen LogP contribution in [0.25, 0.3) is 0 Å². The van der Waals surface area contributed by atoms with E-state index in [9.17, 15) is 9.59 Å². The summed E-state index contributed by atoms with van der Waals surface area (Å²) in [6.07, 6.45) is 2.11. The van der Waals surface area contributed by atoms with Gasteiger partial charge in [0, 0.05) is 30.1 Å². The molecule has 0 bridgehead atoms. The molecule has 1 aliphatic heterocycles. The summed E-state index contributed by atoms with van der Waals surface area (Å²) in [5, 5.41) is 8.77. The topological polar surface area (TPSA) is 88.7 Å². The number of ether oxygens (including phenoxy) is 2. The molecule has 1 saturated heterocycles. The van der Waals surface area contributed by atoms with Crippen molar-refractivity contribution in [2.24, 2.45) is 0 Å². The first kappa shape index (κ1) is 22.4. The number of amides is 2. The number of nitrogens with one attached hydrogen (secondary N) is 3. The summed E-state index contributed by atoms with van der Waals surface area (Å²) in [6.45, 7) is 7.50. The van der Waals surface area contributed by atoms with E-state index in [0.717, 1.165) is 25.0 Å². The van der Waals surface area contributed by atoms with Gasteiger partial charge in [0.1, 0.15) is 12.4 Å². The van der Waals surface area contributed by atoms with Crippen LogP contribution in [0.5, 0.6) is 5.75 Å². The third-order valence-corrected chi connectivity index (χ3v) is 4.72. The Morgan fingerprint density at radius 1 is 1.16 bits per heavy atom. The van der Waals surface area contributed by atoms with Crippen molar-refractivity contribution in [3.8, 4) is 5.75 Å². The zero-order valence-electron chi connectivity index (χ0n) is 17.8. The molecule has 1 fully saturated rings. The number of rotatable bonds is 10. The highest BCUT2D eigenvalue weighted by Gasteiger charge is 2.16. The molecule has 2 amide bonds. The predicted molar refractivity (Wildman–Crippen MR) is 122 cm³/mol. The minimum absolute atomic E-state index is 0.0783. The number of anilines is 2. The third-order valence-electron chi connectivity index (χ3n) is 4.72. The van der Waals surface area contributed by atoms with Gasteiger partial charge in [-0.2, -0.15) is 0 Å². The van der Waals surface area contributed by atoms with Crippen molar-refractivity contribution in [1.29, 1.82) is 0 Å². The Kier molecular flexibility index (Phi) is 8.06. The Labute approximate surface area is 182 Å². The molecule has 0 saturated carbocycles. The van der Waals surface area contributed by atoms with Crippen LogP contribution in [0, 0.1) is 0 Å². The van der Waals surface area contributed by atoms with Crippen molar-refractivity contribution in [3.05, 3.63) is 66.2 Å². The second kappa shape index (κ2) is 11.2. The Morgan fingerprint density at radius 2 is 1.97 bits per heavy atom. The van der Waals surface area contributed by atoms with Gasteiger partial charge < -0.3 is 25.4 Å². The quantitative estimate of drug-likeness (QED) is 0.508. The van der Waals surface area contributed by atoms with Crippen molar-refractivity contribution >= 4 is 23.2 Å². The molecule has 7 nitrogen and oxygen atoms in total. The molecule has 0 spiro atoms. The van der Waals surface area contributed by atoms with Crippen LogP contribution in [0.15, 0.2) is 60.7 Å². The predicted octanol–water partition coefficient (Wildman–Crippen LogP) is 3.60. The summed E-state index contributed by atoms with van der Waals surface area (Å²) >= 11 is 0. The molecule has 0 radical (unpaired) electrons. The average molecular weight is 424 g/mol. The molecule has 0 aliphatic carbocycles. The first-order valence-corrected chi connectivity index (χ1v) is 10.4. The lowest BCUT2D eigenvalue weighted by Crippen LogP contribution is -2.31. The molecule has 1 heterocycles. The fraction of sp³-hybridized carbons (Fsp3) is 0.333. The van der Waals surface area contributed by atoms with E-state index in [4.69, 9.17) is 9.47 Å². The highest BCUT2D eigenvalue weighted by molar-refractivity contribution is 5.96. The Hall–Kier alpha value is -3.32. The zero-order valence-corrected chi connectivity index (χ0v) is 17.8. The van der Waals surface area contributed by atoms with E-state index < -0.39 is 0 Å². The van der Waals surface area contributed by atoms with Crippen LogP contribution in [-0.4, -0.2) is 44.2 Å². The summed E-state index contributed by atoms with van der Waals surface area (Å²) in [4.78, 5) is 24.6. The van der Waals surface area contributed by atoms with Crippen molar-refractivity contribution < 1.29 is 19.1 Å². The smallest absolute Gasteiger partial charge is 0.251 e. The summed E-state index contributed by atoms with van der Waals surface area (Å²) in [6, 6.07) is 14.2. The standard InChI is InChI=1S/C24H29N3O4/c1-17(2)16-31-21-10-8-19(9-11-21)27-23(28)15-25-20-6-3-5-18(13-20)24(29)26-14-22-7-4-12-30-22/h3,5-6,8-11,13,22,25H,1,4,7,12,14-16H2,2H3,(H,26,29)(H,27,28). The van der Waals surface area contributed by atoms with Gasteiger partial charge in [-0.3, -0.25) is 9.59 Å². The number of hydrogen-bond donors (Lipinski definition) is 3. The molecular formula is C24H29N3O4. The normalized spacial score (nSPS) is 15.2. The van der Waals surface area contributed by atoms with Crippen LogP contribution in [-0.2, 0) is 9.53 Å². The van der Waals surface area contributed by atoms with Crippen LogP contribution in [0.1, 0.15) is 30.1 Å². The van der Waals surface area contributed by atoms with E-state index in [-0.39, 0.29) is 24.5 Å². The van der Waals surface area contributed by atoms with Crippen LogP contribution < -0.4 is 20.7 Å². The van der Waals surface area contributed by atoms with Gasteiger partial charge in [-0.15, -0.1) is 0 Å². The van der Waals surface area contributed by atoms with Crippen molar-refractivity contribution in [1.82, 2.24) is 5.32 Å². The highest BCUT2D eigenvalue weighted by atomic mass is 16.5. The summed E-state index contributed by atoms with van der Waals surface area (Å²) in [5.41, 5.74) is 2.85. The Bertz CT molecular complexity index is 905. The van der Waals surface area contributed by atoms with Crippen LogP contribution >= 0.6 is 0 Å². The molecule has 1 unspecified atom stereocenters. The molecule has 3 rings (SSSR count). The van der Waals surface area contributed by atoms with Crippen LogP contribution in [0.2, 0.25) is 0 Å². The Morgan fingerprint density at radius 3 is 2.68 bits per heavy atom. The molecule has 1 atom stereocenters.